The molecule has 2 aromatic carbocycles. The fourth-order valence-electron chi connectivity index (χ4n) is 2.13. The number of hydrogen-bond acceptors (Lipinski definition) is 2. The van der Waals surface area contributed by atoms with Crippen molar-refractivity contribution in [1.29, 1.82) is 0 Å². The minimum absolute atomic E-state index is 0.0318. The van der Waals surface area contributed by atoms with Gasteiger partial charge in [-0.15, -0.1) is 0 Å². The van der Waals surface area contributed by atoms with E-state index in [2.05, 4.69) is 4.65 Å². The van der Waals surface area contributed by atoms with Crippen molar-refractivity contribution in [3.05, 3.63) is 65.0 Å². The molecule has 0 saturated heterocycles. The third kappa shape index (κ3) is 4.15. The topological polar surface area (TPSA) is 26.3 Å². The van der Waals surface area contributed by atoms with E-state index < -0.39 is 19.1 Å². The predicted octanol–water partition coefficient (Wildman–Crippen LogP) is 4.66. The maximum Gasteiger partial charge on any atom is 0.796 e. The van der Waals surface area contributed by atoms with Crippen molar-refractivity contribution < 1.29 is 22.5 Å². The molecule has 23 heavy (non-hydrogen) atoms. The summed E-state index contributed by atoms with van der Waals surface area (Å²) in [6.45, 7) is 5.84. The zero-order chi connectivity index (χ0) is 17.2. The van der Waals surface area contributed by atoms with Gasteiger partial charge in [-0.05, 0) is 47.4 Å². The Hall–Kier alpha value is -2.24. The summed E-state index contributed by atoms with van der Waals surface area (Å²) in [4.78, 5) is 12.6. The van der Waals surface area contributed by atoms with Crippen LogP contribution in [0.1, 0.15) is 42.3 Å². The molecule has 120 valence electrons. The fraction of sp³-hybridized carbons (Fsp3) is 0.235. The van der Waals surface area contributed by atoms with E-state index in [-0.39, 0.29) is 22.3 Å². The van der Waals surface area contributed by atoms with E-state index in [1.54, 1.807) is 12.1 Å². The highest BCUT2D eigenvalue weighted by Crippen LogP contribution is 2.30. The summed E-state index contributed by atoms with van der Waals surface area (Å²) in [5.41, 5.74) is 0.784. The lowest BCUT2D eigenvalue weighted by atomic mass is 9.85. The van der Waals surface area contributed by atoms with Gasteiger partial charge in [-0.2, -0.15) is 0 Å². The van der Waals surface area contributed by atoms with Crippen molar-refractivity contribution in [2.45, 2.75) is 26.2 Å². The Bertz CT molecular complexity index is 707. The van der Waals surface area contributed by atoms with E-state index in [4.69, 9.17) is 0 Å². The molecule has 6 heteroatoms. The second-order valence-corrected chi connectivity index (χ2v) is 6.18. The number of halogens is 3. The molecule has 0 atom stereocenters. The summed E-state index contributed by atoms with van der Waals surface area (Å²) in [6.07, 6.45) is 0. The first-order valence-corrected chi connectivity index (χ1v) is 7.08. The average Bonchev–Trinajstić information content (AvgIpc) is 2.46. The Morgan fingerprint density at radius 3 is 2.17 bits per heavy atom. The first kappa shape index (κ1) is 17.1. The molecule has 0 aliphatic carbocycles. The number of rotatable bonds is 4. The monoisotopic (exact) mass is 320 g/mol. The van der Waals surface area contributed by atoms with Gasteiger partial charge in [-0.1, -0.05) is 26.8 Å². The molecule has 0 heterocycles. The van der Waals surface area contributed by atoms with E-state index >= 15 is 0 Å². The van der Waals surface area contributed by atoms with Gasteiger partial charge in [0.2, 0.25) is 0 Å². The van der Waals surface area contributed by atoms with Crippen LogP contribution in [0, 0.1) is 5.82 Å². The molecule has 0 aliphatic heterocycles. The predicted molar refractivity (Wildman–Crippen MR) is 83.6 cm³/mol. The molecular formula is C17H16BF3O2. The Kier molecular flexibility index (Phi) is 4.83. The smallest absolute Gasteiger partial charge is 0.505 e. The van der Waals surface area contributed by atoms with E-state index in [1.165, 1.54) is 18.2 Å². The first-order valence-electron chi connectivity index (χ1n) is 7.08. The van der Waals surface area contributed by atoms with Crippen LogP contribution in [0.5, 0.6) is 5.75 Å². The van der Waals surface area contributed by atoms with Crippen molar-refractivity contribution >= 4 is 13.3 Å². The molecule has 0 saturated carbocycles. The number of carbonyl (C=O) groups is 1. The Balaban J connectivity index is 2.51. The van der Waals surface area contributed by atoms with E-state index in [0.717, 1.165) is 17.7 Å². The van der Waals surface area contributed by atoms with Gasteiger partial charge in [0.25, 0.3) is 0 Å². The largest absolute Gasteiger partial charge is 0.796 e. The average molecular weight is 320 g/mol. The molecule has 0 unspecified atom stereocenters. The van der Waals surface area contributed by atoms with Crippen molar-refractivity contribution in [3.63, 3.8) is 0 Å². The van der Waals surface area contributed by atoms with Crippen LogP contribution in [-0.2, 0) is 5.41 Å². The van der Waals surface area contributed by atoms with E-state index in [1.807, 2.05) is 20.8 Å². The van der Waals surface area contributed by atoms with Crippen LogP contribution in [0.25, 0.3) is 0 Å². The molecule has 0 aliphatic rings. The normalized spacial score (nSPS) is 11.2. The van der Waals surface area contributed by atoms with Gasteiger partial charge < -0.3 is 4.65 Å². The van der Waals surface area contributed by atoms with Crippen LogP contribution < -0.4 is 4.65 Å². The number of hydrogen-bond donors (Lipinski definition) is 0. The molecule has 0 fully saturated rings. The van der Waals surface area contributed by atoms with E-state index in [0.29, 0.717) is 0 Å². The number of benzene rings is 2. The van der Waals surface area contributed by atoms with Crippen molar-refractivity contribution in [2.24, 2.45) is 0 Å². The zero-order valence-electron chi connectivity index (χ0n) is 13.1. The molecular weight excluding hydrogens is 304 g/mol. The number of carbonyl (C=O) groups excluding carboxylic acids is 1. The number of ketones is 1. The highest BCUT2D eigenvalue weighted by molar-refractivity contribution is 6.35. The van der Waals surface area contributed by atoms with Gasteiger partial charge in [-0.25, -0.2) is 13.0 Å². The molecule has 0 bridgehead atoms. The maximum atomic E-state index is 13.0. The summed E-state index contributed by atoms with van der Waals surface area (Å²) in [6, 6.07) is 9.48. The van der Waals surface area contributed by atoms with Gasteiger partial charge in [-0.3, -0.25) is 4.79 Å². The van der Waals surface area contributed by atoms with Crippen LogP contribution in [-0.4, -0.2) is 13.3 Å². The summed E-state index contributed by atoms with van der Waals surface area (Å²) < 4.78 is 42.6. The summed E-state index contributed by atoms with van der Waals surface area (Å²) in [5.74, 6) is -1.16. The van der Waals surface area contributed by atoms with Gasteiger partial charge >= 0.3 is 7.47 Å². The maximum absolute atomic E-state index is 13.0. The van der Waals surface area contributed by atoms with Gasteiger partial charge in [0.05, 0.1) is 5.56 Å². The lowest BCUT2D eigenvalue weighted by Crippen LogP contribution is -2.16. The second kappa shape index (κ2) is 6.48. The molecule has 2 rings (SSSR count). The van der Waals surface area contributed by atoms with Crippen LogP contribution >= 0.6 is 0 Å². The molecule has 0 radical (unpaired) electrons. The summed E-state index contributed by atoms with van der Waals surface area (Å²) >= 11 is 0. The van der Waals surface area contributed by atoms with E-state index in [9.17, 15) is 17.8 Å². The van der Waals surface area contributed by atoms with Gasteiger partial charge in [0, 0.05) is 5.56 Å². The Labute approximate surface area is 133 Å². The second-order valence-electron chi connectivity index (χ2n) is 6.18. The standard InChI is InChI=1S/C17H16BF3O2/c1-17(2,3)12-6-9-15(23-18(20)21)14(10-12)16(22)11-4-7-13(19)8-5-11/h4-10H,1-3H3. The summed E-state index contributed by atoms with van der Waals surface area (Å²) in [5, 5.41) is 0. The zero-order valence-corrected chi connectivity index (χ0v) is 13.1. The van der Waals surface area contributed by atoms with Crippen LogP contribution in [0.4, 0.5) is 13.0 Å². The van der Waals surface area contributed by atoms with Crippen molar-refractivity contribution in [3.8, 4) is 5.75 Å². The summed E-state index contributed by atoms with van der Waals surface area (Å²) in [7, 11) is -3.03. The Morgan fingerprint density at radius 2 is 1.65 bits per heavy atom. The highest BCUT2D eigenvalue weighted by Gasteiger charge is 2.25. The van der Waals surface area contributed by atoms with Crippen molar-refractivity contribution in [2.75, 3.05) is 0 Å². The Morgan fingerprint density at radius 1 is 1.04 bits per heavy atom. The van der Waals surface area contributed by atoms with Gasteiger partial charge in [0.15, 0.2) is 5.78 Å². The minimum atomic E-state index is -3.03. The molecule has 0 aromatic heterocycles. The first-order chi connectivity index (χ1) is 10.7. The van der Waals surface area contributed by atoms with Crippen LogP contribution in [0.3, 0.4) is 0 Å². The quantitative estimate of drug-likeness (QED) is 0.605. The van der Waals surface area contributed by atoms with Crippen molar-refractivity contribution in [1.82, 2.24) is 0 Å². The molecule has 0 amide bonds. The van der Waals surface area contributed by atoms with Crippen LogP contribution in [0.15, 0.2) is 42.5 Å². The molecule has 0 N–H and O–H groups in total. The van der Waals surface area contributed by atoms with Crippen LogP contribution in [0.2, 0.25) is 0 Å². The lowest BCUT2D eigenvalue weighted by molar-refractivity contribution is 0.103. The minimum Gasteiger partial charge on any atom is -0.505 e. The third-order valence-electron chi connectivity index (χ3n) is 3.41. The molecule has 2 nitrogen and oxygen atoms in total. The lowest BCUT2D eigenvalue weighted by Gasteiger charge is -2.21. The third-order valence-corrected chi connectivity index (χ3v) is 3.41. The molecule has 2 aromatic rings. The fourth-order valence-corrected chi connectivity index (χ4v) is 2.13. The molecule has 0 spiro atoms. The van der Waals surface area contributed by atoms with Gasteiger partial charge in [0.1, 0.15) is 11.6 Å². The highest BCUT2D eigenvalue weighted by atomic mass is 19.2. The SMILES string of the molecule is CC(C)(C)c1ccc(OB(F)F)c(C(=O)c2ccc(F)cc2)c1.